The van der Waals surface area contributed by atoms with Crippen molar-refractivity contribution in [3.05, 3.63) is 53.2 Å². The van der Waals surface area contributed by atoms with Gasteiger partial charge in [-0.15, -0.1) is 0 Å². The zero-order valence-electron chi connectivity index (χ0n) is 16.0. The number of nitrogens with two attached hydrogens (primary N) is 1. The molecule has 29 heavy (non-hydrogen) atoms. The van der Waals surface area contributed by atoms with Gasteiger partial charge in [-0.2, -0.15) is 0 Å². The molecule has 3 N–H and O–H groups in total. The zero-order chi connectivity index (χ0) is 20.7. The summed E-state index contributed by atoms with van der Waals surface area (Å²) in [5, 5.41) is 3.81. The maximum absolute atomic E-state index is 14.5. The Bertz CT molecular complexity index is 1050. The van der Waals surface area contributed by atoms with E-state index in [-0.39, 0.29) is 11.6 Å². The molecule has 0 aliphatic carbocycles. The zero-order valence-corrected chi connectivity index (χ0v) is 16.0. The van der Waals surface area contributed by atoms with Gasteiger partial charge in [-0.05, 0) is 19.9 Å². The predicted molar refractivity (Wildman–Crippen MR) is 106 cm³/mol. The molecule has 9 heteroatoms. The van der Waals surface area contributed by atoms with Crippen LogP contribution in [0.5, 0.6) is 0 Å². The molecular weight excluding hydrogens is 381 g/mol. The Labute approximate surface area is 166 Å². The third-order valence-electron chi connectivity index (χ3n) is 5.04. The van der Waals surface area contributed by atoms with Crippen molar-refractivity contribution in [1.82, 2.24) is 15.0 Å². The molecule has 0 radical (unpaired) electrons. The van der Waals surface area contributed by atoms with E-state index in [9.17, 15) is 13.2 Å². The molecule has 1 aliphatic rings. The van der Waals surface area contributed by atoms with E-state index in [2.05, 4.69) is 25.2 Å². The van der Waals surface area contributed by atoms with Crippen molar-refractivity contribution in [3.63, 3.8) is 0 Å². The minimum atomic E-state index is -2.88. The van der Waals surface area contributed by atoms with Crippen LogP contribution in [0.1, 0.15) is 36.3 Å². The fourth-order valence-corrected chi connectivity index (χ4v) is 3.47. The summed E-state index contributed by atoms with van der Waals surface area (Å²) in [7, 11) is 0. The maximum atomic E-state index is 14.5. The number of alkyl halides is 2. The van der Waals surface area contributed by atoms with Crippen LogP contribution in [0.25, 0.3) is 11.0 Å². The van der Waals surface area contributed by atoms with Crippen LogP contribution in [-0.2, 0) is 0 Å². The molecule has 1 aromatic carbocycles. The molecular formula is C20H21F3N6. The van der Waals surface area contributed by atoms with Crippen molar-refractivity contribution in [2.24, 2.45) is 5.73 Å². The van der Waals surface area contributed by atoms with Gasteiger partial charge >= 0.3 is 0 Å². The topological polar surface area (TPSA) is 80.0 Å². The number of halogens is 3. The molecule has 4 rings (SSSR count). The fourth-order valence-electron chi connectivity index (χ4n) is 3.47. The molecule has 3 heterocycles. The summed E-state index contributed by atoms with van der Waals surface area (Å²) in [6.07, 6.45) is -1.14. The molecule has 1 aliphatic heterocycles. The van der Waals surface area contributed by atoms with E-state index < -0.39 is 23.8 Å². The lowest BCUT2D eigenvalue weighted by molar-refractivity contribution is 0.146. The molecule has 0 spiro atoms. The smallest absolute Gasteiger partial charge is 0.266 e. The number of aryl methyl sites for hydroxylation is 1. The molecule has 1 saturated heterocycles. The number of hydrogen-bond donors (Lipinski definition) is 2. The highest BCUT2D eigenvalue weighted by Crippen LogP contribution is 2.31. The Morgan fingerprint density at radius 1 is 1.21 bits per heavy atom. The van der Waals surface area contributed by atoms with Gasteiger partial charge in [0.25, 0.3) is 6.43 Å². The van der Waals surface area contributed by atoms with Crippen LogP contribution in [-0.4, -0.2) is 34.1 Å². The summed E-state index contributed by atoms with van der Waals surface area (Å²) < 4.78 is 40.6. The molecule has 2 aromatic heterocycles. The van der Waals surface area contributed by atoms with Crippen molar-refractivity contribution >= 4 is 22.5 Å². The standard InChI is InChI=1S/C20H21F3N6/c1-10(14-4-3-5-15(17(14)21)18(22)23)26-20-16-6-13(29-8-12(24)9-29)7-25-19(16)27-11(2)28-20/h3-7,10,12,18H,8-9,24H2,1-2H3,(H,25,26,27,28). The number of hydrogen-bond acceptors (Lipinski definition) is 6. The molecule has 1 atom stereocenters. The first-order valence-electron chi connectivity index (χ1n) is 9.31. The Morgan fingerprint density at radius 3 is 2.62 bits per heavy atom. The van der Waals surface area contributed by atoms with E-state index in [1.54, 1.807) is 20.0 Å². The SMILES string of the molecule is Cc1nc(NC(C)c2cccc(C(F)F)c2F)c2cc(N3CC(N)C3)cnc2n1. The van der Waals surface area contributed by atoms with E-state index in [4.69, 9.17) is 5.73 Å². The molecule has 3 aromatic rings. The summed E-state index contributed by atoms with van der Waals surface area (Å²) in [4.78, 5) is 15.3. The molecule has 1 unspecified atom stereocenters. The second-order valence-electron chi connectivity index (χ2n) is 7.27. The Hall–Kier alpha value is -2.94. The second kappa shape index (κ2) is 7.47. The summed E-state index contributed by atoms with van der Waals surface area (Å²) in [6.45, 7) is 4.91. The first-order chi connectivity index (χ1) is 13.8. The van der Waals surface area contributed by atoms with E-state index in [0.717, 1.165) is 24.8 Å². The number of pyridine rings is 1. The Kier molecular flexibility index (Phi) is 4.99. The van der Waals surface area contributed by atoms with Gasteiger partial charge in [0.05, 0.1) is 28.9 Å². The average molecular weight is 402 g/mol. The Morgan fingerprint density at radius 2 is 1.93 bits per heavy atom. The second-order valence-corrected chi connectivity index (χ2v) is 7.27. The van der Waals surface area contributed by atoms with Gasteiger partial charge in [-0.3, -0.25) is 0 Å². The number of fused-ring (bicyclic) bond motifs is 1. The van der Waals surface area contributed by atoms with Crippen LogP contribution >= 0.6 is 0 Å². The highest BCUT2D eigenvalue weighted by molar-refractivity contribution is 5.89. The summed E-state index contributed by atoms with van der Waals surface area (Å²) >= 11 is 0. The average Bonchev–Trinajstić information content (AvgIpc) is 2.65. The number of nitrogens with one attached hydrogen (secondary N) is 1. The lowest BCUT2D eigenvalue weighted by Crippen LogP contribution is -2.55. The van der Waals surface area contributed by atoms with E-state index in [1.807, 2.05) is 6.07 Å². The van der Waals surface area contributed by atoms with Crippen molar-refractivity contribution in [2.45, 2.75) is 32.4 Å². The lowest BCUT2D eigenvalue weighted by atomic mass is 10.0. The summed E-state index contributed by atoms with van der Waals surface area (Å²) in [5.41, 5.74) is 6.79. The lowest BCUT2D eigenvalue weighted by Gasteiger charge is -2.38. The molecule has 1 fully saturated rings. The van der Waals surface area contributed by atoms with Gasteiger partial charge in [0.1, 0.15) is 17.5 Å². The molecule has 6 nitrogen and oxygen atoms in total. The number of anilines is 2. The predicted octanol–water partition coefficient (Wildman–Crippen LogP) is 3.73. The minimum Gasteiger partial charge on any atom is -0.367 e. The van der Waals surface area contributed by atoms with E-state index in [0.29, 0.717) is 22.7 Å². The van der Waals surface area contributed by atoms with Gasteiger partial charge in [-0.1, -0.05) is 18.2 Å². The van der Waals surface area contributed by atoms with Crippen LogP contribution < -0.4 is 16.0 Å². The third kappa shape index (κ3) is 3.69. The van der Waals surface area contributed by atoms with E-state index >= 15 is 0 Å². The van der Waals surface area contributed by atoms with Crippen molar-refractivity contribution in [1.29, 1.82) is 0 Å². The van der Waals surface area contributed by atoms with Crippen molar-refractivity contribution in [2.75, 3.05) is 23.3 Å². The first-order valence-corrected chi connectivity index (χ1v) is 9.31. The third-order valence-corrected chi connectivity index (χ3v) is 5.04. The Balaban J connectivity index is 1.70. The fraction of sp³-hybridized carbons (Fsp3) is 0.350. The van der Waals surface area contributed by atoms with Gasteiger partial charge in [0.2, 0.25) is 0 Å². The summed E-state index contributed by atoms with van der Waals surface area (Å²) in [5.74, 6) is 0.0622. The van der Waals surface area contributed by atoms with Crippen LogP contribution in [0, 0.1) is 12.7 Å². The molecule has 0 bridgehead atoms. The van der Waals surface area contributed by atoms with Crippen molar-refractivity contribution < 1.29 is 13.2 Å². The van der Waals surface area contributed by atoms with Gasteiger partial charge in [-0.25, -0.2) is 28.1 Å². The molecule has 0 amide bonds. The maximum Gasteiger partial charge on any atom is 0.266 e. The number of aromatic nitrogens is 3. The molecule has 152 valence electrons. The van der Waals surface area contributed by atoms with Gasteiger partial charge < -0.3 is 16.0 Å². The van der Waals surface area contributed by atoms with Crippen LogP contribution in [0.15, 0.2) is 30.5 Å². The molecule has 0 saturated carbocycles. The number of benzene rings is 1. The summed E-state index contributed by atoms with van der Waals surface area (Å²) in [6, 6.07) is 5.47. The number of rotatable bonds is 5. The van der Waals surface area contributed by atoms with Crippen molar-refractivity contribution in [3.8, 4) is 0 Å². The highest BCUT2D eigenvalue weighted by Gasteiger charge is 2.25. The minimum absolute atomic E-state index is 0.141. The van der Waals surface area contributed by atoms with Crippen LogP contribution in [0.2, 0.25) is 0 Å². The first kappa shape index (κ1) is 19.4. The van der Waals surface area contributed by atoms with Gasteiger partial charge in [0.15, 0.2) is 5.65 Å². The van der Waals surface area contributed by atoms with Crippen LogP contribution in [0.4, 0.5) is 24.7 Å². The van der Waals surface area contributed by atoms with Gasteiger partial charge in [0, 0.05) is 24.7 Å². The normalized spacial score (nSPS) is 15.6. The van der Waals surface area contributed by atoms with E-state index in [1.165, 1.54) is 12.1 Å². The number of nitrogens with zero attached hydrogens (tertiary/aromatic N) is 4. The largest absolute Gasteiger partial charge is 0.367 e. The quantitative estimate of drug-likeness (QED) is 0.677. The monoisotopic (exact) mass is 402 g/mol. The van der Waals surface area contributed by atoms with Crippen LogP contribution in [0.3, 0.4) is 0 Å². The highest BCUT2D eigenvalue weighted by atomic mass is 19.3.